The van der Waals surface area contributed by atoms with Crippen LogP contribution in [0.1, 0.15) is 10.4 Å². The van der Waals surface area contributed by atoms with Crippen LogP contribution in [0.2, 0.25) is 5.02 Å². The number of rotatable bonds is 3. The van der Waals surface area contributed by atoms with Crippen LogP contribution in [0.3, 0.4) is 0 Å². The lowest BCUT2D eigenvalue weighted by Gasteiger charge is -2.09. The molecule has 1 amide bonds. The third kappa shape index (κ3) is 2.83. The molecule has 0 saturated heterocycles. The smallest absolute Gasteiger partial charge is 0.257 e. The van der Waals surface area contributed by atoms with Gasteiger partial charge in [-0.25, -0.2) is 4.39 Å². The van der Waals surface area contributed by atoms with Crippen molar-refractivity contribution in [1.29, 1.82) is 0 Å². The van der Waals surface area contributed by atoms with Crippen LogP contribution in [0.15, 0.2) is 36.4 Å². The molecule has 2 aromatic rings. The maximum absolute atomic E-state index is 13.5. The Bertz CT molecular complexity index is 662. The van der Waals surface area contributed by atoms with Crippen molar-refractivity contribution < 1.29 is 13.9 Å². The summed E-state index contributed by atoms with van der Waals surface area (Å²) < 4.78 is 18.3. The molecule has 0 radical (unpaired) electrons. The lowest BCUT2D eigenvalue weighted by atomic mass is 10.2. The zero-order chi connectivity index (χ0) is 14.7. The Kier molecular flexibility index (Phi) is 4.10. The zero-order valence-electron chi connectivity index (χ0n) is 10.6. The van der Waals surface area contributed by atoms with Gasteiger partial charge in [0, 0.05) is 11.8 Å². The molecule has 0 bridgehead atoms. The van der Waals surface area contributed by atoms with E-state index in [-0.39, 0.29) is 16.3 Å². The van der Waals surface area contributed by atoms with Crippen LogP contribution in [-0.4, -0.2) is 13.0 Å². The molecule has 104 valence electrons. The number of nitrogens with two attached hydrogens (primary N) is 1. The van der Waals surface area contributed by atoms with E-state index < -0.39 is 11.7 Å². The van der Waals surface area contributed by atoms with Crippen molar-refractivity contribution in [1.82, 2.24) is 0 Å². The van der Waals surface area contributed by atoms with Gasteiger partial charge in [0.25, 0.3) is 5.91 Å². The fourth-order valence-corrected chi connectivity index (χ4v) is 1.88. The lowest BCUT2D eigenvalue weighted by molar-refractivity contribution is 0.102. The molecular formula is C14H12ClFN2O2. The van der Waals surface area contributed by atoms with E-state index in [1.165, 1.54) is 25.3 Å². The number of methoxy groups -OCH3 is 1. The number of ether oxygens (including phenoxy) is 1. The summed E-state index contributed by atoms with van der Waals surface area (Å²) in [5.74, 6) is -0.930. The van der Waals surface area contributed by atoms with E-state index in [1.807, 2.05) is 0 Å². The number of hydrogen-bond donors (Lipinski definition) is 2. The van der Waals surface area contributed by atoms with Crippen molar-refractivity contribution in [2.45, 2.75) is 0 Å². The van der Waals surface area contributed by atoms with E-state index in [0.29, 0.717) is 11.4 Å². The first-order chi connectivity index (χ1) is 9.52. The molecule has 0 spiro atoms. The third-order valence-corrected chi connectivity index (χ3v) is 3.10. The summed E-state index contributed by atoms with van der Waals surface area (Å²) in [6.45, 7) is 0. The molecule has 0 aliphatic carbocycles. The Hall–Kier alpha value is -2.27. The molecule has 0 atom stereocenters. The van der Waals surface area contributed by atoms with E-state index >= 15 is 0 Å². The highest BCUT2D eigenvalue weighted by Gasteiger charge is 2.13. The van der Waals surface area contributed by atoms with Crippen molar-refractivity contribution in [2.24, 2.45) is 0 Å². The predicted molar refractivity (Wildman–Crippen MR) is 76.8 cm³/mol. The van der Waals surface area contributed by atoms with Crippen LogP contribution in [0.5, 0.6) is 5.75 Å². The van der Waals surface area contributed by atoms with Crippen LogP contribution >= 0.6 is 11.6 Å². The third-order valence-electron chi connectivity index (χ3n) is 2.68. The molecule has 4 nitrogen and oxygen atoms in total. The molecule has 6 heteroatoms. The molecule has 2 rings (SSSR count). The minimum atomic E-state index is -0.566. The van der Waals surface area contributed by atoms with Gasteiger partial charge in [-0.3, -0.25) is 4.79 Å². The van der Waals surface area contributed by atoms with Crippen molar-refractivity contribution >= 4 is 28.9 Å². The molecule has 0 aliphatic rings. The first-order valence-electron chi connectivity index (χ1n) is 5.72. The van der Waals surface area contributed by atoms with Gasteiger partial charge in [-0.1, -0.05) is 17.7 Å². The summed E-state index contributed by atoms with van der Waals surface area (Å²) in [5, 5.41) is 2.71. The summed E-state index contributed by atoms with van der Waals surface area (Å²) in [4.78, 5) is 12.0. The average Bonchev–Trinajstić information content (AvgIpc) is 2.42. The normalized spacial score (nSPS) is 10.2. The number of benzene rings is 2. The fourth-order valence-electron chi connectivity index (χ4n) is 1.67. The Morgan fingerprint density at radius 2 is 2.10 bits per heavy atom. The Labute approximate surface area is 120 Å². The molecule has 0 aliphatic heterocycles. The highest BCUT2D eigenvalue weighted by Crippen LogP contribution is 2.25. The standard InChI is InChI=1S/C14H12ClFN2O2/c1-20-12-6-5-8(7-10(12)16)18-14(19)9-3-2-4-11(17)13(9)15/h2-7H,17H2,1H3,(H,18,19). The Morgan fingerprint density at radius 1 is 1.35 bits per heavy atom. The second-order valence-electron chi connectivity index (χ2n) is 4.01. The van der Waals surface area contributed by atoms with Crippen LogP contribution in [0.25, 0.3) is 0 Å². The average molecular weight is 295 g/mol. The van der Waals surface area contributed by atoms with Gasteiger partial charge in [0.1, 0.15) is 0 Å². The van der Waals surface area contributed by atoms with Gasteiger partial charge in [0.15, 0.2) is 11.6 Å². The first kappa shape index (κ1) is 14.1. The number of anilines is 2. The molecule has 20 heavy (non-hydrogen) atoms. The van der Waals surface area contributed by atoms with Gasteiger partial charge < -0.3 is 15.8 Å². The predicted octanol–water partition coefficient (Wildman–Crippen LogP) is 3.32. The molecule has 0 aromatic heterocycles. The monoisotopic (exact) mass is 294 g/mol. The zero-order valence-corrected chi connectivity index (χ0v) is 11.4. The van der Waals surface area contributed by atoms with Gasteiger partial charge >= 0.3 is 0 Å². The van der Waals surface area contributed by atoms with E-state index in [9.17, 15) is 9.18 Å². The summed E-state index contributed by atoms with van der Waals surface area (Å²) in [7, 11) is 1.36. The van der Waals surface area contributed by atoms with Crippen LogP contribution in [0, 0.1) is 5.82 Å². The summed E-state index contributed by atoms with van der Waals surface area (Å²) in [6, 6.07) is 8.85. The highest BCUT2D eigenvalue weighted by atomic mass is 35.5. The maximum atomic E-state index is 13.5. The van der Waals surface area contributed by atoms with E-state index in [0.717, 1.165) is 6.07 Å². The SMILES string of the molecule is COc1ccc(NC(=O)c2cccc(N)c2Cl)cc1F. The van der Waals surface area contributed by atoms with Gasteiger partial charge in [0.05, 0.1) is 23.4 Å². The van der Waals surface area contributed by atoms with E-state index in [2.05, 4.69) is 5.32 Å². The molecule has 0 unspecified atom stereocenters. The van der Waals surface area contributed by atoms with Gasteiger partial charge in [-0.2, -0.15) is 0 Å². The summed E-state index contributed by atoms with van der Waals surface area (Å²) in [6.07, 6.45) is 0. The van der Waals surface area contributed by atoms with Crippen LogP contribution < -0.4 is 15.8 Å². The van der Waals surface area contributed by atoms with Gasteiger partial charge in [-0.05, 0) is 24.3 Å². The molecule has 0 saturated carbocycles. The van der Waals surface area contributed by atoms with Crippen molar-refractivity contribution in [3.63, 3.8) is 0 Å². The number of nitrogen functional groups attached to an aromatic ring is 1. The quantitative estimate of drug-likeness (QED) is 0.854. The fraction of sp³-hybridized carbons (Fsp3) is 0.0714. The van der Waals surface area contributed by atoms with Gasteiger partial charge in [0.2, 0.25) is 0 Å². The Morgan fingerprint density at radius 3 is 2.75 bits per heavy atom. The number of carbonyl (C=O) groups excluding carboxylic acids is 1. The number of amides is 1. The molecule has 0 fully saturated rings. The number of carbonyl (C=O) groups is 1. The highest BCUT2D eigenvalue weighted by molar-refractivity contribution is 6.36. The largest absolute Gasteiger partial charge is 0.494 e. The van der Waals surface area contributed by atoms with Crippen molar-refractivity contribution in [2.75, 3.05) is 18.2 Å². The maximum Gasteiger partial charge on any atom is 0.257 e. The van der Waals surface area contributed by atoms with Gasteiger partial charge in [-0.15, -0.1) is 0 Å². The molecule has 2 aromatic carbocycles. The number of nitrogens with one attached hydrogen (secondary N) is 1. The first-order valence-corrected chi connectivity index (χ1v) is 6.09. The minimum Gasteiger partial charge on any atom is -0.494 e. The van der Waals surface area contributed by atoms with Crippen LogP contribution in [0.4, 0.5) is 15.8 Å². The van der Waals surface area contributed by atoms with Crippen molar-refractivity contribution in [3.05, 3.63) is 52.8 Å². The van der Waals surface area contributed by atoms with Crippen LogP contribution in [-0.2, 0) is 0 Å². The second kappa shape index (κ2) is 5.79. The summed E-state index contributed by atoms with van der Waals surface area (Å²) >= 11 is 5.95. The number of hydrogen-bond acceptors (Lipinski definition) is 3. The Balaban J connectivity index is 2.24. The van der Waals surface area contributed by atoms with E-state index in [4.69, 9.17) is 22.1 Å². The van der Waals surface area contributed by atoms with Crippen molar-refractivity contribution in [3.8, 4) is 5.75 Å². The lowest BCUT2D eigenvalue weighted by Crippen LogP contribution is -2.13. The molecule has 3 N–H and O–H groups in total. The van der Waals surface area contributed by atoms with E-state index in [1.54, 1.807) is 12.1 Å². The molecular weight excluding hydrogens is 283 g/mol. The summed E-state index contributed by atoms with van der Waals surface area (Å²) in [5.41, 5.74) is 6.45. The second-order valence-corrected chi connectivity index (χ2v) is 4.39. The molecule has 0 heterocycles. The topological polar surface area (TPSA) is 64.3 Å². The number of halogens is 2. The minimum absolute atomic E-state index is 0.102.